The summed E-state index contributed by atoms with van der Waals surface area (Å²) in [6.45, 7) is 1.36. The number of rotatable bonds is 10. The molecule has 0 aromatic heterocycles. The maximum atomic E-state index is 12.9. The molecule has 3 aromatic carbocycles. The fraction of sp³-hybridized carbons (Fsp3) is 0.208. The number of aryl methyl sites for hydroxylation is 1. The number of carbonyl (C=O) groups is 1. The zero-order valence-corrected chi connectivity index (χ0v) is 21.9. The van der Waals surface area contributed by atoms with Gasteiger partial charge in [0.25, 0.3) is 10.0 Å². The number of nitrogens with zero attached hydrogens (tertiary/aromatic N) is 2. The molecule has 12 heteroatoms. The third-order valence-corrected chi connectivity index (χ3v) is 8.32. The van der Waals surface area contributed by atoms with Gasteiger partial charge in [-0.3, -0.25) is 9.52 Å². The van der Waals surface area contributed by atoms with E-state index in [1.54, 1.807) is 48.5 Å². The highest BCUT2D eigenvalue weighted by atomic mass is 32.2. The van der Waals surface area contributed by atoms with E-state index in [-0.39, 0.29) is 4.90 Å². The Kier molecular flexibility index (Phi) is 8.23. The van der Waals surface area contributed by atoms with E-state index in [1.807, 2.05) is 6.92 Å². The van der Waals surface area contributed by atoms with Gasteiger partial charge < -0.3 is 10.1 Å². The molecule has 3 aromatic rings. The summed E-state index contributed by atoms with van der Waals surface area (Å²) in [5.41, 5.74) is 1.80. The summed E-state index contributed by atoms with van der Waals surface area (Å²) in [5.74, 6) is -0.216. The van der Waals surface area contributed by atoms with E-state index in [0.717, 1.165) is 14.2 Å². The van der Waals surface area contributed by atoms with Crippen molar-refractivity contribution in [1.29, 1.82) is 0 Å². The Bertz CT molecular complexity index is 1430. The molecule has 0 unspecified atom stereocenters. The standard InChI is InChI=1S/C24H28N4O6S2/c1-18-10-15-23(34-4)22(16-18)26-35(30,31)21-13-11-19(12-14-21)25-24(29)17-28(36(32,33)27(2)3)20-8-6-5-7-9-20/h5-16,26H,17H2,1-4H3,(H,25,29). The summed E-state index contributed by atoms with van der Waals surface area (Å²) in [5, 5.41) is 2.61. The highest BCUT2D eigenvalue weighted by Crippen LogP contribution is 2.28. The van der Waals surface area contributed by atoms with Crippen molar-refractivity contribution in [2.75, 3.05) is 42.1 Å². The Morgan fingerprint density at radius 1 is 0.917 bits per heavy atom. The minimum atomic E-state index is -3.94. The minimum absolute atomic E-state index is 0.0230. The average molecular weight is 533 g/mol. The number of carbonyl (C=O) groups excluding carboxylic acids is 1. The zero-order valence-electron chi connectivity index (χ0n) is 20.3. The number of methoxy groups -OCH3 is 1. The van der Waals surface area contributed by atoms with E-state index >= 15 is 0 Å². The van der Waals surface area contributed by atoms with Gasteiger partial charge in [0.1, 0.15) is 12.3 Å². The first kappa shape index (κ1) is 27.0. The Morgan fingerprint density at radius 2 is 1.56 bits per heavy atom. The van der Waals surface area contributed by atoms with Crippen LogP contribution in [0.5, 0.6) is 5.75 Å². The molecule has 0 spiro atoms. The van der Waals surface area contributed by atoms with Gasteiger partial charge in [-0.25, -0.2) is 12.7 Å². The van der Waals surface area contributed by atoms with Crippen LogP contribution in [-0.4, -0.2) is 54.8 Å². The van der Waals surface area contributed by atoms with Gasteiger partial charge >= 0.3 is 10.2 Å². The normalized spacial score (nSPS) is 11.7. The lowest BCUT2D eigenvalue weighted by atomic mass is 10.2. The Morgan fingerprint density at radius 3 is 2.14 bits per heavy atom. The molecule has 0 bridgehead atoms. The number of ether oxygens (including phenoxy) is 1. The topological polar surface area (TPSA) is 125 Å². The van der Waals surface area contributed by atoms with Crippen LogP contribution in [0.4, 0.5) is 17.1 Å². The molecule has 3 rings (SSSR count). The first-order valence-electron chi connectivity index (χ1n) is 10.8. The van der Waals surface area contributed by atoms with E-state index in [1.165, 1.54) is 45.5 Å². The van der Waals surface area contributed by atoms with Crippen LogP contribution in [0, 0.1) is 6.92 Å². The van der Waals surface area contributed by atoms with Crippen molar-refractivity contribution < 1.29 is 26.4 Å². The van der Waals surface area contributed by atoms with E-state index in [2.05, 4.69) is 10.0 Å². The fourth-order valence-electron chi connectivity index (χ4n) is 3.25. The summed E-state index contributed by atoms with van der Waals surface area (Å²) < 4.78 is 61.0. The van der Waals surface area contributed by atoms with E-state index < -0.39 is 32.7 Å². The van der Waals surface area contributed by atoms with E-state index in [0.29, 0.717) is 22.8 Å². The maximum Gasteiger partial charge on any atom is 0.304 e. The third kappa shape index (κ3) is 6.33. The van der Waals surface area contributed by atoms with Crippen LogP contribution in [0.3, 0.4) is 0 Å². The molecule has 0 radical (unpaired) electrons. The van der Waals surface area contributed by atoms with Gasteiger partial charge in [-0.15, -0.1) is 0 Å². The molecule has 192 valence electrons. The number of para-hydroxylation sites is 1. The first-order valence-corrected chi connectivity index (χ1v) is 13.6. The number of nitrogens with one attached hydrogen (secondary N) is 2. The van der Waals surface area contributed by atoms with Crippen molar-refractivity contribution in [3.05, 3.63) is 78.4 Å². The molecule has 0 saturated carbocycles. The van der Waals surface area contributed by atoms with Crippen LogP contribution in [-0.2, 0) is 25.0 Å². The van der Waals surface area contributed by atoms with E-state index in [9.17, 15) is 21.6 Å². The summed E-state index contributed by atoms with van der Waals surface area (Å²) in [6.07, 6.45) is 0. The summed E-state index contributed by atoms with van der Waals surface area (Å²) in [7, 11) is -3.66. The van der Waals surface area contributed by atoms with Crippen molar-refractivity contribution in [3.63, 3.8) is 0 Å². The molecule has 0 heterocycles. The van der Waals surface area contributed by atoms with Crippen LogP contribution in [0.25, 0.3) is 0 Å². The smallest absolute Gasteiger partial charge is 0.304 e. The lowest BCUT2D eigenvalue weighted by Gasteiger charge is -2.26. The quantitative estimate of drug-likeness (QED) is 0.414. The third-order valence-electron chi connectivity index (χ3n) is 5.12. The van der Waals surface area contributed by atoms with Gasteiger partial charge in [-0.2, -0.15) is 12.7 Å². The number of sulfonamides is 1. The fourth-order valence-corrected chi connectivity index (χ4v) is 5.38. The summed E-state index contributed by atoms with van der Waals surface area (Å²) in [4.78, 5) is 12.7. The Labute approximate surface area is 211 Å². The van der Waals surface area contributed by atoms with Crippen molar-refractivity contribution in [3.8, 4) is 5.75 Å². The molecule has 0 aliphatic rings. The van der Waals surface area contributed by atoms with Crippen molar-refractivity contribution in [1.82, 2.24) is 4.31 Å². The monoisotopic (exact) mass is 532 g/mol. The second-order valence-corrected chi connectivity index (χ2v) is 11.8. The lowest BCUT2D eigenvalue weighted by molar-refractivity contribution is -0.114. The van der Waals surface area contributed by atoms with Crippen LogP contribution >= 0.6 is 0 Å². The minimum Gasteiger partial charge on any atom is -0.495 e. The van der Waals surface area contributed by atoms with E-state index in [4.69, 9.17) is 4.74 Å². The summed E-state index contributed by atoms with van der Waals surface area (Å²) >= 11 is 0. The van der Waals surface area contributed by atoms with Crippen LogP contribution in [0.2, 0.25) is 0 Å². The molecule has 1 amide bonds. The first-order chi connectivity index (χ1) is 16.9. The number of benzene rings is 3. The highest BCUT2D eigenvalue weighted by Gasteiger charge is 2.27. The molecule has 0 atom stereocenters. The Hall–Kier alpha value is -3.61. The van der Waals surface area contributed by atoms with Crippen LogP contribution < -0.4 is 19.1 Å². The van der Waals surface area contributed by atoms with Gasteiger partial charge in [0.15, 0.2) is 0 Å². The van der Waals surface area contributed by atoms with Crippen LogP contribution in [0.15, 0.2) is 77.7 Å². The van der Waals surface area contributed by atoms with Gasteiger partial charge in [0.2, 0.25) is 5.91 Å². The predicted molar refractivity (Wildman–Crippen MR) is 140 cm³/mol. The molecular weight excluding hydrogens is 504 g/mol. The maximum absolute atomic E-state index is 12.9. The largest absolute Gasteiger partial charge is 0.495 e. The van der Waals surface area contributed by atoms with Gasteiger partial charge in [0, 0.05) is 19.8 Å². The van der Waals surface area contributed by atoms with Crippen LogP contribution in [0.1, 0.15) is 5.56 Å². The SMILES string of the molecule is COc1ccc(C)cc1NS(=O)(=O)c1ccc(NC(=O)CN(c2ccccc2)S(=O)(=O)N(C)C)cc1. The van der Waals surface area contributed by atoms with Gasteiger partial charge in [0.05, 0.1) is 23.4 Å². The zero-order chi connectivity index (χ0) is 26.5. The average Bonchev–Trinajstić information content (AvgIpc) is 2.83. The molecule has 0 aliphatic carbocycles. The van der Waals surface area contributed by atoms with Gasteiger partial charge in [-0.1, -0.05) is 24.3 Å². The second-order valence-electron chi connectivity index (χ2n) is 8.01. The number of hydrogen-bond acceptors (Lipinski definition) is 6. The molecule has 10 nitrogen and oxygen atoms in total. The molecule has 36 heavy (non-hydrogen) atoms. The number of anilines is 3. The number of amides is 1. The molecular formula is C24H28N4O6S2. The van der Waals surface area contributed by atoms with Crippen molar-refractivity contribution in [2.24, 2.45) is 0 Å². The Balaban J connectivity index is 1.75. The number of hydrogen-bond donors (Lipinski definition) is 2. The molecule has 0 aliphatic heterocycles. The molecule has 2 N–H and O–H groups in total. The molecule has 0 saturated heterocycles. The highest BCUT2D eigenvalue weighted by molar-refractivity contribution is 7.92. The molecule has 0 fully saturated rings. The van der Waals surface area contributed by atoms with Crippen molar-refractivity contribution >= 4 is 43.2 Å². The second kappa shape index (κ2) is 11.0. The summed E-state index contributed by atoms with van der Waals surface area (Å²) in [6, 6.07) is 18.9. The van der Waals surface area contributed by atoms with Gasteiger partial charge in [-0.05, 0) is 61.0 Å². The lowest BCUT2D eigenvalue weighted by Crippen LogP contribution is -2.44. The van der Waals surface area contributed by atoms with Crippen molar-refractivity contribution in [2.45, 2.75) is 11.8 Å². The predicted octanol–water partition coefficient (Wildman–Crippen LogP) is 3.06.